The summed E-state index contributed by atoms with van der Waals surface area (Å²) in [6, 6.07) is 2.55. The summed E-state index contributed by atoms with van der Waals surface area (Å²) in [5.41, 5.74) is 1.11. The zero-order valence-electron chi connectivity index (χ0n) is 10.1. The SMILES string of the molecule is CCC(C)n1ccc(CN2CCC(O)C2)n1. The Morgan fingerprint density at radius 2 is 2.44 bits per heavy atom. The maximum absolute atomic E-state index is 9.44. The quantitative estimate of drug-likeness (QED) is 0.839. The van der Waals surface area contributed by atoms with Crippen LogP contribution in [0.5, 0.6) is 0 Å². The number of β-amino-alcohol motifs (C(OH)–C–C–N with tert-alkyl or cyclic N) is 1. The first-order valence-electron chi connectivity index (χ1n) is 6.13. The van der Waals surface area contributed by atoms with Crippen LogP contribution in [0.2, 0.25) is 0 Å². The third kappa shape index (κ3) is 2.62. The molecule has 0 bridgehead atoms. The highest BCUT2D eigenvalue weighted by Crippen LogP contribution is 2.14. The van der Waals surface area contributed by atoms with Crippen molar-refractivity contribution in [2.75, 3.05) is 13.1 Å². The summed E-state index contributed by atoms with van der Waals surface area (Å²) in [4.78, 5) is 2.26. The van der Waals surface area contributed by atoms with Crippen molar-refractivity contribution in [1.29, 1.82) is 0 Å². The normalized spacial score (nSPS) is 23.8. The van der Waals surface area contributed by atoms with Gasteiger partial charge in [0, 0.05) is 31.9 Å². The summed E-state index contributed by atoms with van der Waals surface area (Å²) in [5, 5.41) is 14.0. The fraction of sp³-hybridized carbons (Fsp3) is 0.750. The maximum atomic E-state index is 9.44. The van der Waals surface area contributed by atoms with Gasteiger partial charge in [-0.25, -0.2) is 0 Å². The fourth-order valence-corrected chi connectivity index (χ4v) is 2.08. The van der Waals surface area contributed by atoms with E-state index in [4.69, 9.17) is 0 Å². The van der Waals surface area contributed by atoms with Crippen molar-refractivity contribution in [3.8, 4) is 0 Å². The van der Waals surface area contributed by atoms with Gasteiger partial charge in [0.15, 0.2) is 0 Å². The van der Waals surface area contributed by atoms with Gasteiger partial charge >= 0.3 is 0 Å². The standard InChI is InChI=1S/C12H21N3O/c1-3-10(2)15-7-4-11(13-15)8-14-6-5-12(16)9-14/h4,7,10,12,16H,3,5-6,8-9H2,1-2H3. The van der Waals surface area contributed by atoms with Gasteiger partial charge in [-0.1, -0.05) is 6.92 Å². The van der Waals surface area contributed by atoms with Crippen LogP contribution in [-0.2, 0) is 6.54 Å². The largest absolute Gasteiger partial charge is 0.392 e. The zero-order chi connectivity index (χ0) is 11.5. The van der Waals surface area contributed by atoms with E-state index in [2.05, 4.69) is 36.1 Å². The van der Waals surface area contributed by atoms with Gasteiger partial charge < -0.3 is 5.11 Å². The van der Waals surface area contributed by atoms with Gasteiger partial charge in [-0.2, -0.15) is 5.10 Å². The van der Waals surface area contributed by atoms with Crippen LogP contribution in [0.25, 0.3) is 0 Å². The first-order chi connectivity index (χ1) is 7.69. The molecule has 1 aliphatic heterocycles. The van der Waals surface area contributed by atoms with Crippen molar-refractivity contribution in [2.24, 2.45) is 0 Å². The smallest absolute Gasteiger partial charge is 0.0764 e. The molecular weight excluding hydrogens is 202 g/mol. The van der Waals surface area contributed by atoms with Crippen molar-refractivity contribution in [3.63, 3.8) is 0 Å². The lowest BCUT2D eigenvalue weighted by molar-refractivity contribution is 0.174. The molecule has 0 saturated carbocycles. The van der Waals surface area contributed by atoms with Crippen LogP contribution in [0.1, 0.15) is 38.4 Å². The molecule has 0 amide bonds. The van der Waals surface area contributed by atoms with Crippen molar-refractivity contribution >= 4 is 0 Å². The number of aliphatic hydroxyl groups excluding tert-OH is 1. The second-order valence-corrected chi connectivity index (χ2v) is 4.72. The van der Waals surface area contributed by atoms with E-state index in [0.29, 0.717) is 6.04 Å². The zero-order valence-corrected chi connectivity index (χ0v) is 10.1. The van der Waals surface area contributed by atoms with Gasteiger partial charge in [0.1, 0.15) is 0 Å². The Kier molecular flexibility index (Phi) is 3.61. The highest BCUT2D eigenvalue weighted by molar-refractivity contribution is 5.00. The fourth-order valence-electron chi connectivity index (χ4n) is 2.08. The molecule has 4 heteroatoms. The molecule has 1 saturated heterocycles. The molecule has 1 aromatic rings. The number of aliphatic hydroxyl groups is 1. The summed E-state index contributed by atoms with van der Waals surface area (Å²) in [7, 11) is 0. The van der Waals surface area contributed by atoms with Crippen LogP contribution in [0.15, 0.2) is 12.3 Å². The van der Waals surface area contributed by atoms with Gasteiger partial charge in [-0.05, 0) is 25.8 Å². The molecular formula is C12H21N3O. The minimum Gasteiger partial charge on any atom is -0.392 e. The number of rotatable bonds is 4. The molecule has 2 unspecified atom stereocenters. The summed E-state index contributed by atoms with van der Waals surface area (Å²) in [6.07, 6.45) is 3.91. The topological polar surface area (TPSA) is 41.3 Å². The molecule has 0 aromatic carbocycles. The van der Waals surface area contributed by atoms with Crippen molar-refractivity contribution < 1.29 is 5.11 Å². The van der Waals surface area contributed by atoms with Crippen molar-refractivity contribution in [1.82, 2.24) is 14.7 Å². The van der Waals surface area contributed by atoms with E-state index >= 15 is 0 Å². The summed E-state index contributed by atoms with van der Waals surface area (Å²) >= 11 is 0. The Morgan fingerprint density at radius 1 is 1.62 bits per heavy atom. The Labute approximate surface area is 96.9 Å². The maximum Gasteiger partial charge on any atom is 0.0764 e. The predicted octanol–water partition coefficient (Wildman–Crippen LogP) is 1.42. The van der Waals surface area contributed by atoms with E-state index in [0.717, 1.165) is 38.2 Å². The summed E-state index contributed by atoms with van der Waals surface area (Å²) in [6.45, 7) is 6.98. The molecule has 4 nitrogen and oxygen atoms in total. The lowest BCUT2D eigenvalue weighted by Gasteiger charge is -2.13. The van der Waals surface area contributed by atoms with Gasteiger partial charge in [-0.3, -0.25) is 9.58 Å². The van der Waals surface area contributed by atoms with Gasteiger partial charge in [0.05, 0.1) is 11.8 Å². The number of hydrogen-bond acceptors (Lipinski definition) is 3. The van der Waals surface area contributed by atoms with Crippen LogP contribution in [0.4, 0.5) is 0 Å². The number of aromatic nitrogens is 2. The van der Waals surface area contributed by atoms with E-state index in [9.17, 15) is 5.11 Å². The molecule has 16 heavy (non-hydrogen) atoms. The first-order valence-corrected chi connectivity index (χ1v) is 6.13. The van der Waals surface area contributed by atoms with Gasteiger partial charge in [0.2, 0.25) is 0 Å². The average molecular weight is 223 g/mol. The predicted molar refractivity (Wildman–Crippen MR) is 63.1 cm³/mol. The molecule has 1 fully saturated rings. The molecule has 1 aliphatic rings. The average Bonchev–Trinajstić information content (AvgIpc) is 2.87. The van der Waals surface area contributed by atoms with E-state index in [1.807, 2.05) is 4.68 Å². The Balaban J connectivity index is 1.92. The highest BCUT2D eigenvalue weighted by Gasteiger charge is 2.20. The minimum atomic E-state index is -0.142. The van der Waals surface area contributed by atoms with Crippen LogP contribution in [0.3, 0.4) is 0 Å². The molecule has 2 atom stereocenters. The second-order valence-electron chi connectivity index (χ2n) is 4.72. The van der Waals surface area contributed by atoms with Crippen molar-refractivity contribution in [3.05, 3.63) is 18.0 Å². The lowest BCUT2D eigenvalue weighted by atomic mass is 10.3. The Morgan fingerprint density at radius 3 is 3.06 bits per heavy atom. The number of hydrogen-bond donors (Lipinski definition) is 1. The van der Waals surface area contributed by atoms with E-state index in [1.165, 1.54) is 0 Å². The van der Waals surface area contributed by atoms with Gasteiger partial charge in [0.25, 0.3) is 0 Å². The molecule has 2 rings (SSSR count). The third-order valence-electron chi connectivity index (χ3n) is 3.34. The third-order valence-corrected chi connectivity index (χ3v) is 3.34. The van der Waals surface area contributed by atoms with Crippen molar-refractivity contribution in [2.45, 2.75) is 45.4 Å². The number of likely N-dealkylation sites (tertiary alicyclic amines) is 1. The summed E-state index contributed by atoms with van der Waals surface area (Å²) < 4.78 is 2.03. The summed E-state index contributed by atoms with van der Waals surface area (Å²) in [5.74, 6) is 0. The monoisotopic (exact) mass is 223 g/mol. The van der Waals surface area contributed by atoms with Crippen LogP contribution >= 0.6 is 0 Å². The molecule has 2 heterocycles. The Hall–Kier alpha value is -0.870. The molecule has 1 aromatic heterocycles. The van der Waals surface area contributed by atoms with E-state index < -0.39 is 0 Å². The van der Waals surface area contributed by atoms with E-state index in [1.54, 1.807) is 0 Å². The molecule has 1 N–H and O–H groups in total. The highest BCUT2D eigenvalue weighted by atomic mass is 16.3. The van der Waals surface area contributed by atoms with E-state index in [-0.39, 0.29) is 6.10 Å². The molecule has 0 radical (unpaired) electrons. The molecule has 0 spiro atoms. The second kappa shape index (κ2) is 4.97. The first kappa shape index (κ1) is 11.6. The van der Waals surface area contributed by atoms with Gasteiger partial charge in [-0.15, -0.1) is 0 Å². The number of nitrogens with zero attached hydrogens (tertiary/aromatic N) is 3. The van der Waals surface area contributed by atoms with Crippen LogP contribution < -0.4 is 0 Å². The molecule has 0 aliphatic carbocycles. The lowest BCUT2D eigenvalue weighted by Crippen LogP contribution is -2.21. The molecule has 90 valence electrons. The minimum absolute atomic E-state index is 0.142. The Bertz CT molecular complexity index is 337. The van der Waals surface area contributed by atoms with Crippen LogP contribution in [0, 0.1) is 0 Å². The van der Waals surface area contributed by atoms with Crippen LogP contribution in [-0.4, -0.2) is 39.0 Å².